The zero-order valence-electron chi connectivity index (χ0n) is 9.81. The molecule has 0 spiro atoms. The molecule has 0 radical (unpaired) electrons. The fourth-order valence-electron chi connectivity index (χ4n) is 1.48. The molecule has 1 atom stereocenters. The van der Waals surface area contributed by atoms with Crippen LogP contribution in [-0.2, 0) is 11.3 Å². The molecule has 1 amide bonds. The van der Waals surface area contributed by atoms with Crippen LogP contribution in [0, 0.1) is 12.3 Å². The molecular formula is C12H13ClN2O3. The molecule has 0 aliphatic carbocycles. The van der Waals surface area contributed by atoms with Crippen LogP contribution in [0.1, 0.15) is 23.8 Å². The van der Waals surface area contributed by atoms with Crippen molar-refractivity contribution in [1.82, 2.24) is 9.88 Å². The monoisotopic (exact) mass is 268 g/mol. The molecule has 0 aromatic carbocycles. The quantitative estimate of drug-likeness (QED) is 0.793. The standard InChI is InChI=1S/C12H13ClN2O3/c1-3-5-9(12(17)18)14-11(16)10-6-8(13)7-15(10)4-2/h1,6-7,9H,4-5H2,2H3,(H,14,16)(H,17,18). The molecule has 5 nitrogen and oxygen atoms in total. The van der Waals surface area contributed by atoms with Crippen LogP contribution in [-0.4, -0.2) is 27.6 Å². The third kappa shape index (κ3) is 3.28. The number of halogens is 1. The molecule has 0 saturated carbocycles. The highest BCUT2D eigenvalue weighted by molar-refractivity contribution is 6.31. The number of rotatable bonds is 5. The lowest BCUT2D eigenvalue weighted by molar-refractivity contribution is -0.139. The van der Waals surface area contributed by atoms with E-state index in [1.165, 1.54) is 6.07 Å². The van der Waals surface area contributed by atoms with Crippen LogP contribution in [0.3, 0.4) is 0 Å². The number of amides is 1. The molecule has 6 heteroatoms. The summed E-state index contributed by atoms with van der Waals surface area (Å²) in [5.41, 5.74) is 0.311. The average Bonchev–Trinajstić information content (AvgIpc) is 2.69. The number of carbonyl (C=O) groups excluding carboxylic acids is 1. The van der Waals surface area contributed by atoms with Gasteiger partial charge in [0.15, 0.2) is 0 Å². The number of aryl methyl sites for hydroxylation is 1. The van der Waals surface area contributed by atoms with Gasteiger partial charge in [0.05, 0.1) is 5.02 Å². The van der Waals surface area contributed by atoms with Gasteiger partial charge in [-0.3, -0.25) is 4.79 Å². The van der Waals surface area contributed by atoms with Crippen molar-refractivity contribution in [2.75, 3.05) is 0 Å². The molecule has 0 aliphatic heterocycles. The molecule has 0 bridgehead atoms. The summed E-state index contributed by atoms with van der Waals surface area (Å²) in [5, 5.41) is 11.7. The van der Waals surface area contributed by atoms with Crippen LogP contribution in [0.25, 0.3) is 0 Å². The van der Waals surface area contributed by atoms with Crippen LogP contribution in [0.5, 0.6) is 0 Å². The Bertz CT molecular complexity index is 502. The lowest BCUT2D eigenvalue weighted by Crippen LogP contribution is -2.41. The van der Waals surface area contributed by atoms with Gasteiger partial charge in [0, 0.05) is 19.2 Å². The zero-order valence-corrected chi connectivity index (χ0v) is 10.6. The van der Waals surface area contributed by atoms with E-state index >= 15 is 0 Å². The van der Waals surface area contributed by atoms with Gasteiger partial charge in [-0.25, -0.2) is 4.79 Å². The van der Waals surface area contributed by atoms with Crippen LogP contribution in [0.2, 0.25) is 5.02 Å². The van der Waals surface area contributed by atoms with Crippen molar-refractivity contribution in [3.05, 3.63) is 23.0 Å². The van der Waals surface area contributed by atoms with Crippen molar-refractivity contribution < 1.29 is 14.7 Å². The van der Waals surface area contributed by atoms with Gasteiger partial charge in [-0.05, 0) is 13.0 Å². The molecule has 1 aromatic rings. The maximum atomic E-state index is 11.9. The fourth-order valence-corrected chi connectivity index (χ4v) is 1.70. The number of nitrogens with one attached hydrogen (secondary N) is 1. The van der Waals surface area contributed by atoms with Crippen LogP contribution >= 0.6 is 11.6 Å². The molecule has 1 aromatic heterocycles. The van der Waals surface area contributed by atoms with Crippen molar-refractivity contribution in [3.63, 3.8) is 0 Å². The largest absolute Gasteiger partial charge is 0.480 e. The van der Waals surface area contributed by atoms with E-state index in [1.807, 2.05) is 6.92 Å². The Morgan fingerprint density at radius 2 is 2.33 bits per heavy atom. The van der Waals surface area contributed by atoms with E-state index in [1.54, 1.807) is 10.8 Å². The Morgan fingerprint density at radius 1 is 1.67 bits per heavy atom. The lowest BCUT2D eigenvalue weighted by Gasteiger charge is -2.12. The average molecular weight is 269 g/mol. The van der Waals surface area contributed by atoms with Crippen LogP contribution in [0.15, 0.2) is 12.3 Å². The highest BCUT2D eigenvalue weighted by Gasteiger charge is 2.21. The third-order valence-corrected chi connectivity index (χ3v) is 2.57. The molecule has 0 fully saturated rings. The summed E-state index contributed by atoms with van der Waals surface area (Å²) in [6.07, 6.45) is 6.59. The van der Waals surface area contributed by atoms with Crippen molar-refractivity contribution in [2.45, 2.75) is 25.9 Å². The SMILES string of the molecule is C#CCC(NC(=O)c1cc(Cl)cn1CC)C(=O)O. The Morgan fingerprint density at radius 3 is 2.83 bits per heavy atom. The summed E-state index contributed by atoms with van der Waals surface area (Å²) in [6, 6.07) is 0.385. The third-order valence-electron chi connectivity index (χ3n) is 2.36. The summed E-state index contributed by atoms with van der Waals surface area (Å²) in [6.45, 7) is 2.41. The van der Waals surface area contributed by atoms with E-state index in [0.717, 1.165) is 0 Å². The Balaban J connectivity index is 2.87. The predicted molar refractivity (Wildman–Crippen MR) is 67.5 cm³/mol. The first kappa shape index (κ1) is 14.1. The minimum atomic E-state index is -1.16. The molecule has 2 N–H and O–H groups in total. The van der Waals surface area contributed by atoms with Crippen molar-refractivity contribution in [2.24, 2.45) is 0 Å². The number of carbonyl (C=O) groups is 2. The second-order valence-electron chi connectivity index (χ2n) is 3.60. The molecule has 1 unspecified atom stereocenters. The van der Waals surface area contributed by atoms with E-state index in [-0.39, 0.29) is 6.42 Å². The smallest absolute Gasteiger partial charge is 0.327 e. The zero-order chi connectivity index (χ0) is 13.7. The van der Waals surface area contributed by atoms with Crippen molar-refractivity contribution in [1.29, 1.82) is 0 Å². The first-order chi connectivity index (χ1) is 8.49. The minimum absolute atomic E-state index is 0.0678. The summed E-state index contributed by atoms with van der Waals surface area (Å²) in [5.74, 6) is 0.539. The first-order valence-corrected chi connectivity index (χ1v) is 5.70. The number of hydrogen-bond donors (Lipinski definition) is 2. The number of hydrogen-bond acceptors (Lipinski definition) is 2. The molecule has 0 saturated heterocycles. The van der Waals surface area contributed by atoms with Gasteiger partial charge in [-0.15, -0.1) is 12.3 Å². The van der Waals surface area contributed by atoms with Crippen LogP contribution < -0.4 is 5.32 Å². The van der Waals surface area contributed by atoms with Gasteiger partial charge >= 0.3 is 5.97 Å². The van der Waals surface area contributed by atoms with E-state index in [2.05, 4.69) is 11.2 Å². The number of aliphatic carboxylic acids is 1. The number of terminal acetylenes is 1. The molecule has 96 valence electrons. The summed E-state index contributed by atoms with van der Waals surface area (Å²) < 4.78 is 1.63. The van der Waals surface area contributed by atoms with E-state index in [4.69, 9.17) is 23.1 Å². The lowest BCUT2D eigenvalue weighted by atomic mass is 10.2. The minimum Gasteiger partial charge on any atom is -0.480 e. The fraction of sp³-hybridized carbons (Fsp3) is 0.333. The molecule has 0 aliphatic rings. The van der Waals surface area contributed by atoms with Gasteiger partial charge in [0.25, 0.3) is 5.91 Å². The molecule has 1 rings (SSSR count). The Labute approximate surface area is 110 Å². The maximum absolute atomic E-state index is 11.9. The number of nitrogens with zero attached hydrogens (tertiary/aromatic N) is 1. The number of aromatic nitrogens is 1. The second-order valence-corrected chi connectivity index (χ2v) is 4.04. The van der Waals surface area contributed by atoms with Gasteiger partial charge in [0.2, 0.25) is 0 Å². The van der Waals surface area contributed by atoms with Gasteiger partial charge < -0.3 is 15.0 Å². The van der Waals surface area contributed by atoms with E-state index in [0.29, 0.717) is 17.3 Å². The molecular weight excluding hydrogens is 256 g/mol. The van der Waals surface area contributed by atoms with Gasteiger partial charge in [0.1, 0.15) is 11.7 Å². The highest BCUT2D eigenvalue weighted by Crippen LogP contribution is 2.14. The van der Waals surface area contributed by atoms with Gasteiger partial charge in [-0.1, -0.05) is 11.6 Å². The predicted octanol–water partition coefficient (Wildman–Crippen LogP) is 1.37. The normalized spacial score (nSPS) is 11.6. The first-order valence-electron chi connectivity index (χ1n) is 5.32. The van der Waals surface area contributed by atoms with E-state index < -0.39 is 17.9 Å². The number of carboxylic acids is 1. The van der Waals surface area contributed by atoms with Crippen LogP contribution in [0.4, 0.5) is 0 Å². The summed E-state index contributed by atoms with van der Waals surface area (Å²) in [7, 11) is 0. The van der Waals surface area contributed by atoms with Crippen molar-refractivity contribution >= 4 is 23.5 Å². The van der Waals surface area contributed by atoms with Gasteiger partial charge in [-0.2, -0.15) is 0 Å². The Hall–Kier alpha value is -1.93. The van der Waals surface area contributed by atoms with Crippen molar-refractivity contribution in [3.8, 4) is 12.3 Å². The summed E-state index contributed by atoms with van der Waals surface area (Å²) in [4.78, 5) is 22.8. The molecule has 18 heavy (non-hydrogen) atoms. The highest BCUT2D eigenvalue weighted by atomic mass is 35.5. The van der Waals surface area contributed by atoms with E-state index in [9.17, 15) is 9.59 Å². The maximum Gasteiger partial charge on any atom is 0.327 e. The summed E-state index contributed by atoms with van der Waals surface area (Å²) >= 11 is 5.80. The molecule has 1 heterocycles. The Kier molecular flexibility index (Phi) is 4.81. The topological polar surface area (TPSA) is 71.3 Å². The number of carboxylic acid groups (broad SMARTS) is 1. The second kappa shape index (κ2) is 6.12.